The molecule has 1 amide bonds. The smallest absolute Gasteiger partial charge is 0.252 e. The molecule has 0 spiro atoms. The Balaban J connectivity index is 2.91. The van der Waals surface area contributed by atoms with Gasteiger partial charge in [-0.3, -0.25) is 4.79 Å². The molecule has 5 heteroatoms. The zero-order valence-corrected chi connectivity index (χ0v) is 15.1. The summed E-state index contributed by atoms with van der Waals surface area (Å²) in [6.45, 7) is 6.22. The standard InChI is InChI=1S/C14H19BrINO2/c1-14(2,3)12(6-7-18)17-13(19)10-8-9(16)4-5-11(10)15/h4-5,8,12,18H,6-7H2,1-3H3,(H,17,19). The highest BCUT2D eigenvalue weighted by Crippen LogP contribution is 2.24. The van der Waals surface area contributed by atoms with Crippen LogP contribution in [-0.2, 0) is 0 Å². The summed E-state index contributed by atoms with van der Waals surface area (Å²) in [4.78, 5) is 12.3. The molecule has 3 nitrogen and oxygen atoms in total. The lowest BCUT2D eigenvalue weighted by Crippen LogP contribution is -2.44. The topological polar surface area (TPSA) is 49.3 Å². The monoisotopic (exact) mass is 439 g/mol. The Hall–Kier alpha value is -0.140. The lowest BCUT2D eigenvalue weighted by Gasteiger charge is -2.31. The molecule has 19 heavy (non-hydrogen) atoms. The minimum absolute atomic E-state index is 0.0604. The molecule has 0 saturated heterocycles. The van der Waals surface area contributed by atoms with E-state index < -0.39 is 0 Å². The molecule has 1 atom stereocenters. The summed E-state index contributed by atoms with van der Waals surface area (Å²) in [7, 11) is 0. The second-order valence-electron chi connectivity index (χ2n) is 5.53. The Bertz CT molecular complexity index is 457. The summed E-state index contributed by atoms with van der Waals surface area (Å²) in [5, 5.41) is 12.1. The van der Waals surface area contributed by atoms with E-state index in [-0.39, 0.29) is 24.0 Å². The highest BCUT2D eigenvalue weighted by Gasteiger charge is 2.26. The number of aliphatic hydroxyl groups is 1. The highest BCUT2D eigenvalue weighted by molar-refractivity contribution is 14.1. The van der Waals surface area contributed by atoms with Crippen molar-refractivity contribution in [2.75, 3.05) is 6.61 Å². The van der Waals surface area contributed by atoms with Gasteiger partial charge < -0.3 is 10.4 Å². The van der Waals surface area contributed by atoms with Crippen LogP contribution in [0.25, 0.3) is 0 Å². The van der Waals surface area contributed by atoms with Crippen molar-refractivity contribution in [3.8, 4) is 0 Å². The lowest BCUT2D eigenvalue weighted by molar-refractivity contribution is 0.0884. The van der Waals surface area contributed by atoms with Gasteiger partial charge in [-0.05, 0) is 68.6 Å². The first-order chi connectivity index (χ1) is 8.75. The fourth-order valence-electron chi connectivity index (χ4n) is 1.76. The molecule has 1 unspecified atom stereocenters. The molecule has 0 aliphatic rings. The van der Waals surface area contributed by atoms with Crippen LogP contribution in [0.3, 0.4) is 0 Å². The number of rotatable bonds is 4. The Kier molecular flexibility index (Phi) is 6.26. The van der Waals surface area contributed by atoms with E-state index >= 15 is 0 Å². The minimum atomic E-state index is -0.112. The zero-order chi connectivity index (χ0) is 14.6. The molecule has 1 aromatic carbocycles. The van der Waals surface area contributed by atoms with Crippen molar-refractivity contribution >= 4 is 44.4 Å². The number of hydrogen-bond acceptors (Lipinski definition) is 2. The van der Waals surface area contributed by atoms with Gasteiger partial charge in [-0.15, -0.1) is 0 Å². The van der Waals surface area contributed by atoms with Crippen LogP contribution in [-0.4, -0.2) is 23.7 Å². The van der Waals surface area contributed by atoms with E-state index in [1.54, 1.807) is 0 Å². The molecular weight excluding hydrogens is 421 g/mol. The summed E-state index contributed by atoms with van der Waals surface area (Å²) >= 11 is 5.58. The minimum Gasteiger partial charge on any atom is -0.396 e. The van der Waals surface area contributed by atoms with E-state index in [1.807, 2.05) is 18.2 Å². The number of halogens is 2. The van der Waals surface area contributed by atoms with Gasteiger partial charge in [0.2, 0.25) is 0 Å². The van der Waals surface area contributed by atoms with E-state index in [0.717, 1.165) is 8.04 Å². The molecule has 0 heterocycles. The Labute approximate surface area is 136 Å². The lowest BCUT2D eigenvalue weighted by atomic mass is 9.85. The van der Waals surface area contributed by atoms with Gasteiger partial charge in [0.05, 0.1) is 5.56 Å². The van der Waals surface area contributed by atoms with Crippen LogP contribution in [0.15, 0.2) is 22.7 Å². The predicted octanol–water partition coefficient (Wildman–Crippen LogP) is 3.58. The Morgan fingerprint density at radius 1 is 1.47 bits per heavy atom. The van der Waals surface area contributed by atoms with Crippen molar-refractivity contribution in [1.82, 2.24) is 5.32 Å². The molecule has 0 aliphatic heterocycles. The number of benzene rings is 1. The fraction of sp³-hybridized carbons (Fsp3) is 0.500. The Morgan fingerprint density at radius 3 is 2.63 bits per heavy atom. The van der Waals surface area contributed by atoms with E-state index in [4.69, 9.17) is 5.11 Å². The molecule has 0 aliphatic carbocycles. The highest BCUT2D eigenvalue weighted by atomic mass is 127. The summed E-state index contributed by atoms with van der Waals surface area (Å²) in [5.41, 5.74) is 0.534. The summed E-state index contributed by atoms with van der Waals surface area (Å²) in [6.07, 6.45) is 0.552. The van der Waals surface area contributed by atoms with Gasteiger partial charge in [-0.25, -0.2) is 0 Å². The molecule has 1 rings (SSSR count). The first kappa shape index (κ1) is 16.9. The van der Waals surface area contributed by atoms with Crippen LogP contribution in [0.5, 0.6) is 0 Å². The van der Waals surface area contributed by atoms with Crippen molar-refractivity contribution in [3.63, 3.8) is 0 Å². The molecule has 0 fully saturated rings. The maximum absolute atomic E-state index is 12.3. The van der Waals surface area contributed by atoms with E-state index in [1.165, 1.54) is 0 Å². The normalized spacial score (nSPS) is 13.2. The van der Waals surface area contributed by atoms with Crippen LogP contribution in [0.4, 0.5) is 0 Å². The molecule has 0 aromatic heterocycles. The number of carbonyl (C=O) groups excluding carboxylic acids is 1. The second kappa shape index (κ2) is 7.04. The maximum atomic E-state index is 12.3. The third kappa shape index (κ3) is 5.04. The SMILES string of the molecule is CC(C)(C)C(CCO)NC(=O)c1cc(I)ccc1Br. The van der Waals surface area contributed by atoms with Crippen molar-refractivity contribution in [1.29, 1.82) is 0 Å². The van der Waals surface area contributed by atoms with E-state index in [0.29, 0.717) is 12.0 Å². The average molecular weight is 440 g/mol. The predicted molar refractivity (Wildman–Crippen MR) is 89.3 cm³/mol. The van der Waals surface area contributed by atoms with E-state index in [2.05, 4.69) is 64.6 Å². The van der Waals surface area contributed by atoms with Gasteiger partial charge >= 0.3 is 0 Å². The van der Waals surface area contributed by atoms with Crippen molar-refractivity contribution in [2.45, 2.75) is 33.2 Å². The molecule has 0 radical (unpaired) electrons. The first-order valence-corrected chi connectivity index (χ1v) is 7.99. The number of aliphatic hydroxyl groups excluding tert-OH is 1. The molecule has 2 N–H and O–H groups in total. The third-order valence-corrected chi connectivity index (χ3v) is 4.30. The third-order valence-electron chi connectivity index (χ3n) is 2.94. The Morgan fingerprint density at radius 2 is 2.11 bits per heavy atom. The number of amides is 1. The first-order valence-electron chi connectivity index (χ1n) is 6.12. The molecular formula is C14H19BrINO2. The van der Waals surface area contributed by atoms with Crippen molar-refractivity contribution < 1.29 is 9.90 Å². The van der Waals surface area contributed by atoms with Crippen LogP contribution in [0.2, 0.25) is 0 Å². The van der Waals surface area contributed by atoms with Crippen molar-refractivity contribution in [3.05, 3.63) is 31.8 Å². The summed E-state index contributed by atoms with van der Waals surface area (Å²) < 4.78 is 1.79. The second-order valence-corrected chi connectivity index (χ2v) is 7.63. The van der Waals surface area contributed by atoms with Gasteiger partial charge in [0, 0.05) is 20.7 Å². The summed E-state index contributed by atoms with van der Waals surface area (Å²) in [5.74, 6) is -0.112. The summed E-state index contributed by atoms with van der Waals surface area (Å²) in [6, 6.07) is 5.60. The van der Waals surface area contributed by atoms with Gasteiger partial charge in [0.15, 0.2) is 0 Å². The van der Waals surface area contributed by atoms with Crippen molar-refractivity contribution in [2.24, 2.45) is 5.41 Å². The van der Waals surface area contributed by atoms with Crippen LogP contribution in [0, 0.1) is 8.99 Å². The number of nitrogens with one attached hydrogen (secondary N) is 1. The molecule has 1 aromatic rings. The zero-order valence-electron chi connectivity index (χ0n) is 11.3. The van der Waals surface area contributed by atoms with Gasteiger partial charge in [-0.2, -0.15) is 0 Å². The van der Waals surface area contributed by atoms with Gasteiger partial charge in [0.1, 0.15) is 0 Å². The van der Waals surface area contributed by atoms with Crippen LogP contribution >= 0.6 is 38.5 Å². The van der Waals surface area contributed by atoms with Gasteiger partial charge in [-0.1, -0.05) is 20.8 Å². The fourth-order valence-corrected chi connectivity index (χ4v) is 2.68. The van der Waals surface area contributed by atoms with E-state index in [9.17, 15) is 4.79 Å². The number of hydrogen-bond donors (Lipinski definition) is 2. The van der Waals surface area contributed by atoms with Crippen LogP contribution in [0.1, 0.15) is 37.6 Å². The maximum Gasteiger partial charge on any atom is 0.252 e. The average Bonchev–Trinajstić information content (AvgIpc) is 2.30. The largest absolute Gasteiger partial charge is 0.396 e. The molecule has 0 bridgehead atoms. The molecule has 106 valence electrons. The number of carbonyl (C=O) groups is 1. The quantitative estimate of drug-likeness (QED) is 0.704. The van der Waals surface area contributed by atoms with Crippen LogP contribution < -0.4 is 5.32 Å². The molecule has 0 saturated carbocycles. The van der Waals surface area contributed by atoms with Gasteiger partial charge in [0.25, 0.3) is 5.91 Å².